The second kappa shape index (κ2) is 5.57. The average Bonchev–Trinajstić information content (AvgIpc) is 3.00. The van der Waals surface area contributed by atoms with E-state index in [1.807, 2.05) is 11.4 Å². The fraction of sp³-hybridized carbons (Fsp3) is 0.200. The minimum absolute atomic E-state index is 0.0186. The maximum Gasteiger partial charge on any atom is 0.265 e. The van der Waals surface area contributed by atoms with Gasteiger partial charge in [0.05, 0.1) is 17.1 Å². The number of fused-ring (bicyclic) bond motifs is 1. The number of ether oxygens (including phenoxy) is 1. The van der Waals surface area contributed by atoms with Crippen molar-refractivity contribution in [1.82, 2.24) is 0 Å². The van der Waals surface area contributed by atoms with Crippen molar-refractivity contribution >= 4 is 34.5 Å². The van der Waals surface area contributed by atoms with Gasteiger partial charge < -0.3 is 15.0 Å². The molecule has 1 aliphatic rings. The third-order valence-electron chi connectivity index (χ3n) is 3.21. The van der Waals surface area contributed by atoms with E-state index in [2.05, 4.69) is 5.32 Å². The first kappa shape index (κ1) is 13.6. The highest BCUT2D eigenvalue weighted by Gasteiger charge is 2.21. The maximum atomic E-state index is 12.0. The van der Waals surface area contributed by atoms with Gasteiger partial charge in [0.15, 0.2) is 0 Å². The fourth-order valence-electron chi connectivity index (χ4n) is 2.23. The van der Waals surface area contributed by atoms with Gasteiger partial charge in [-0.3, -0.25) is 9.59 Å². The SMILES string of the molecule is CC(=O)N1CCOc2cc(NC(=O)c3cccs3)ccc21. The molecule has 0 atom stereocenters. The van der Waals surface area contributed by atoms with E-state index < -0.39 is 0 Å². The first-order valence-electron chi connectivity index (χ1n) is 6.55. The van der Waals surface area contributed by atoms with Gasteiger partial charge in [-0.2, -0.15) is 0 Å². The molecule has 2 heterocycles. The van der Waals surface area contributed by atoms with Crippen molar-refractivity contribution in [3.05, 3.63) is 40.6 Å². The molecule has 2 amide bonds. The normalized spacial score (nSPS) is 13.3. The molecule has 3 rings (SSSR count). The zero-order valence-corrected chi connectivity index (χ0v) is 12.3. The lowest BCUT2D eigenvalue weighted by atomic mass is 10.2. The lowest BCUT2D eigenvalue weighted by Gasteiger charge is -2.28. The van der Waals surface area contributed by atoms with Gasteiger partial charge in [0, 0.05) is 18.7 Å². The van der Waals surface area contributed by atoms with Crippen molar-refractivity contribution in [2.24, 2.45) is 0 Å². The van der Waals surface area contributed by atoms with E-state index in [1.54, 1.807) is 29.2 Å². The Bertz CT molecular complexity index is 682. The van der Waals surface area contributed by atoms with Crippen LogP contribution in [0.3, 0.4) is 0 Å². The first-order valence-corrected chi connectivity index (χ1v) is 7.43. The van der Waals surface area contributed by atoms with Gasteiger partial charge in [-0.05, 0) is 23.6 Å². The molecule has 5 nitrogen and oxygen atoms in total. The number of anilines is 2. The third-order valence-corrected chi connectivity index (χ3v) is 4.07. The summed E-state index contributed by atoms with van der Waals surface area (Å²) in [5, 5.41) is 4.68. The van der Waals surface area contributed by atoms with Crippen molar-refractivity contribution in [2.75, 3.05) is 23.4 Å². The minimum atomic E-state index is -0.149. The van der Waals surface area contributed by atoms with Crippen LogP contribution < -0.4 is 15.0 Å². The van der Waals surface area contributed by atoms with Crippen LogP contribution in [0.1, 0.15) is 16.6 Å². The zero-order chi connectivity index (χ0) is 14.8. The predicted octanol–water partition coefficient (Wildman–Crippen LogP) is 2.75. The van der Waals surface area contributed by atoms with Crippen LogP contribution in [0.25, 0.3) is 0 Å². The number of carbonyl (C=O) groups excluding carboxylic acids is 2. The molecule has 0 aliphatic carbocycles. The molecule has 0 radical (unpaired) electrons. The standard InChI is InChI=1S/C15H14N2O3S/c1-10(18)17-6-7-20-13-9-11(4-5-12(13)17)16-15(19)14-3-2-8-21-14/h2-5,8-9H,6-7H2,1H3,(H,16,19). The molecule has 6 heteroatoms. The molecule has 0 saturated heterocycles. The smallest absolute Gasteiger partial charge is 0.265 e. The van der Waals surface area contributed by atoms with Gasteiger partial charge in [-0.1, -0.05) is 6.07 Å². The first-order chi connectivity index (χ1) is 10.1. The van der Waals surface area contributed by atoms with Gasteiger partial charge in [0.1, 0.15) is 12.4 Å². The van der Waals surface area contributed by atoms with Gasteiger partial charge in [0.25, 0.3) is 5.91 Å². The average molecular weight is 302 g/mol. The van der Waals surface area contributed by atoms with Crippen molar-refractivity contribution in [3.8, 4) is 5.75 Å². The van der Waals surface area contributed by atoms with E-state index in [0.717, 1.165) is 5.69 Å². The van der Waals surface area contributed by atoms with Crippen LogP contribution in [0, 0.1) is 0 Å². The minimum Gasteiger partial charge on any atom is -0.489 e. The van der Waals surface area contributed by atoms with Gasteiger partial charge in [0.2, 0.25) is 5.91 Å². The molecule has 1 N–H and O–H groups in total. The number of rotatable bonds is 2. The van der Waals surface area contributed by atoms with Crippen LogP contribution >= 0.6 is 11.3 Å². The van der Waals surface area contributed by atoms with Crippen LogP contribution in [0.2, 0.25) is 0 Å². The molecule has 0 saturated carbocycles. The summed E-state index contributed by atoms with van der Waals surface area (Å²) in [5.74, 6) is 0.444. The molecule has 1 aliphatic heterocycles. The van der Waals surface area contributed by atoms with E-state index in [-0.39, 0.29) is 11.8 Å². The second-order valence-corrected chi connectivity index (χ2v) is 5.58. The molecule has 1 aromatic heterocycles. The van der Waals surface area contributed by atoms with Crippen molar-refractivity contribution in [1.29, 1.82) is 0 Å². The highest BCUT2D eigenvalue weighted by atomic mass is 32.1. The van der Waals surface area contributed by atoms with Crippen LogP contribution in [0.15, 0.2) is 35.7 Å². The number of nitrogens with one attached hydrogen (secondary N) is 1. The highest BCUT2D eigenvalue weighted by molar-refractivity contribution is 7.12. The topological polar surface area (TPSA) is 58.6 Å². The zero-order valence-electron chi connectivity index (χ0n) is 11.5. The Morgan fingerprint density at radius 3 is 2.90 bits per heavy atom. The number of nitrogens with zero attached hydrogens (tertiary/aromatic N) is 1. The number of carbonyl (C=O) groups is 2. The Hall–Kier alpha value is -2.34. The van der Waals surface area contributed by atoms with Gasteiger partial charge >= 0.3 is 0 Å². The number of thiophene rings is 1. The predicted molar refractivity (Wildman–Crippen MR) is 82.2 cm³/mol. The summed E-state index contributed by atoms with van der Waals surface area (Å²) in [6.07, 6.45) is 0. The number of benzene rings is 1. The van der Waals surface area contributed by atoms with Crippen molar-refractivity contribution < 1.29 is 14.3 Å². The Balaban J connectivity index is 1.83. The number of hydrogen-bond donors (Lipinski definition) is 1. The Morgan fingerprint density at radius 2 is 2.19 bits per heavy atom. The Morgan fingerprint density at radius 1 is 1.33 bits per heavy atom. The molecule has 2 aromatic rings. The fourth-order valence-corrected chi connectivity index (χ4v) is 2.84. The van der Waals surface area contributed by atoms with Crippen LogP contribution in [0.4, 0.5) is 11.4 Å². The molecule has 0 spiro atoms. The van der Waals surface area contributed by atoms with E-state index in [0.29, 0.717) is 29.5 Å². The molecular formula is C15H14N2O3S. The Labute approximate surface area is 126 Å². The molecule has 21 heavy (non-hydrogen) atoms. The third kappa shape index (κ3) is 2.75. The molecule has 108 valence electrons. The van der Waals surface area contributed by atoms with E-state index in [4.69, 9.17) is 4.74 Å². The number of amides is 2. The van der Waals surface area contributed by atoms with Crippen LogP contribution in [0.5, 0.6) is 5.75 Å². The maximum absolute atomic E-state index is 12.0. The summed E-state index contributed by atoms with van der Waals surface area (Å²) in [6.45, 7) is 2.53. The summed E-state index contributed by atoms with van der Waals surface area (Å²) >= 11 is 1.39. The molecular weight excluding hydrogens is 288 g/mol. The molecule has 0 unspecified atom stereocenters. The van der Waals surface area contributed by atoms with Crippen molar-refractivity contribution in [2.45, 2.75) is 6.92 Å². The lowest BCUT2D eigenvalue weighted by Crippen LogP contribution is -2.36. The van der Waals surface area contributed by atoms with E-state index >= 15 is 0 Å². The van der Waals surface area contributed by atoms with Gasteiger partial charge in [-0.15, -0.1) is 11.3 Å². The summed E-state index contributed by atoms with van der Waals surface area (Å²) in [5.41, 5.74) is 1.39. The lowest BCUT2D eigenvalue weighted by molar-refractivity contribution is -0.116. The number of hydrogen-bond acceptors (Lipinski definition) is 4. The largest absolute Gasteiger partial charge is 0.489 e. The Kier molecular flexibility index (Phi) is 3.62. The van der Waals surface area contributed by atoms with Crippen molar-refractivity contribution in [3.63, 3.8) is 0 Å². The van der Waals surface area contributed by atoms with E-state index in [9.17, 15) is 9.59 Å². The highest BCUT2D eigenvalue weighted by Crippen LogP contribution is 2.34. The van der Waals surface area contributed by atoms with Crippen LogP contribution in [-0.2, 0) is 4.79 Å². The van der Waals surface area contributed by atoms with E-state index in [1.165, 1.54) is 18.3 Å². The summed E-state index contributed by atoms with van der Waals surface area (Å²) in [6, 6.07) is 8.91. The molecule has 0 fully saturated rings. The monoisotopic (exact) mass is 302 g/mol. The summed E-state index contributed by atoms with van der Waals surface area (Å²) in [7, 11) is 0. The molecule has 0 bridgehead atoms. The molecule has 1 aromatic carbocycles. The van der Waals surface area contributed by atoms with Gasteiger partial charge in [-0.25, -0.2) is 0 Å². The van der Waals surface area contributed by atoms with Crippen LogP contribution in [-0.4, -0.2) is 25.0 Å². The summed E-state index contributed by atoms with van der Waals surface area (Å²) < 4.78 is 5.57. The summed E-state index contributed by atoms with van der Waals surface area (Å²) in [4.78, 5) is 25.9. The quantitative estimate of drug-likeness (QED) is 0.928. The second-order valence-electron chi connectivity index (χ2n) is 4.63.